The number of rotatable bonds is 2. The summed E-state index contributed by atoms with van der Waals surface area (Å²) in [6.07, 6.45) is 1.28. The van der Waals surface area contributed by atoms with Gasteiger partial charge in [0.2, 0.25) is 0 Å². The maximum Gasteiger partial charge on any atom is 0.339 e. The highest BCUT2D eigenvalue weighted by atomic mass is 79.9. The summed E-state index contributed by atoms with van der Waals surface area (Å²) in [6, 6.07) is 17.3. The van der Waals surface area contributed by atoms with Crippen LogP contribution in [0.25, 0.3) is 10.8 Å². The molecule has 0 saturated carbocycles. The van der Waals surface area contributed by atoms with Crippen molar-refractivity contribution in [1.29, 1.82) is 0 Å². The molecular formula is C23H13BrN2O4. The first-order chi connectivity index (χ1) is 14.5. The molecule has 0 bridgehead atoms. The highest BCUT2D eigenvalue weighted by molar-refractivity contribution is 9.10. The molecule has 7 heteroatoms. The van der Waals surface area contributed by atoms with E-state index in [4.69, 9.17) is 0 Å². The van der Waals surface area contributed by atoms with Crippen LogP contribution in [0.1, 0.15) is 32.3 Å². The van der Waals surface area contributed by atoms with E-state index in [1.54, 1.807) is 36.4 Å². The van der Waals surface area contributed by atoms with Gasteiger partial charge in [-0.05, 0) is 40.6 Å². The molecule has 6 nitrogen and oxygen atoms in total. The first-order valence-electron chi connectivity index (χ1n) is 9.18. The number of benzene rings is 3. The van der Waals surface area contributed by atoms with Gasteiger partial charge in [0.05, 0.1) is 0 Å². The Morgan fingerprint density at radius 3 is 2.40 bits per heavy atom. The first kappa shape index (κ1) is 18.4. The summed E-state index contributed by atoms with van der Waals surface area (Å²) in [5.41, 5.74) is -0.213. The molecule has 1 aliphatic rings. The number of carbonyl (C=O) groups excluding carboxylic acids is 2. The third-order valence-electron chi connectivity index (χ3n) is 5.34. The molecule has 0 saturated heterocycles. The summed E-state index contributed by atoms with van der Waals surface area (Å²) in [5, 5.41) is 1.63. The lowest BCUT2D eigenvalue weighted by Gasteiger charge is -2.15. The van der Waals surface area contributed by atoms with Gasteiger partial charge in [-0.25, -0.2) is 4.79 Å². The van der Waals surface area contributed by atoms with Crippen LogP contribution in [0.4, 0.5) is 0 Å². The Labute approximate surface area is 178 Å². The fraction of sp³-hybridized carbons (Fsp3) is 0.0435. The molecule has 5 rings (SSSR count). The third-order valence-corrected chi connectivity index (χ3v) is 6.03. The van der Waals surface area contributed by atoms with Crippen LogP contribution in [0.3, 0.4) is 0 Å². The summed E-state index contributed by atoms with van der Waals surface area (Å²) >= 11 is 3.50. The molecule has 0 spiro atoms. The van der Waals surface area contributed by atoms with E-state index in [0.717, 1.165) is 25.9 Å². The van der Waals surface area contributed by atoms with Crippen LogP contribution in [0.15, 0.2) is 87.0 Å². The third kappa shape index (κ3) is 2.55. The average Bonchev–Trinajstić information content (AvgIpc) is 3.04. The molecule has 1 atom stereocenters. The van der Waals surface area contributed by atoms with Crippen molar-refractivity contribution in [3.05, 3.63) is 115 Å². The van der Waals surface area contributed by atoms with Gasteiger partial charge < -0.3 is 0 Å². The van der Waals surface area contributed by atoms with Crippen LogP contribution in [-0.4, -0.2) is 20.8 Å². The number of halogens is 1. The van der Waals surface area contributed by atoms with Crippen LogP contribution < -0.4 is 11.2 Å². The summed E-state index contributed by atoms with van der Waals surface area (Å²) in [7, 11) is 0. The van der Waals surface area contributed by atoms with Crippen LogP contribution in [0, 0.1) is 0 Å². The Bertz CT molecular complexity index is 1490. The van der Waals surface area contributed by atoms with Gasteiger partial charge in [0.15, 0.2) is 5.78 Å². The first-order valence-corrected chi connectivity index (χ1v) is 9.97. The lowest BCUT2D eigenvalue weighted by molar-refractivity contribution is 0.0924. The quantitative estimate of drug-likeness (QED) is 0.459. The van der Waals surface area contributed by atoms with Gasteiger partial charge in [-0.2, -0.15) is 4.57 Å². The van der Waals surface area contributed by atoms with Crippen molar-refractivity contribution < 1.29 is 9.59 Å². The molecule has 1 aliphatic carbocycles. The van der Waals surface area contributed by atoms with Crippen molar-refractivity contribution >= 4 is 38.4 Å². The number of carbonyl (C=O) groups is 2. The van der Waals surface area contributed by atoms with Crippen molar-refractivity contribution in [3.63, 3.8) is 0 Å². The van der Waals surface area contributed by atoms with Gasteiger partial charge in [-0.3, -0.25) is 19.0 Å². The predicted octanol–water partition coefficient (Wildman–Crippen LogP) is 3.40. The van der Waals surface area contributed by atoms with E-state index < -0.39 is 23.2 Å². The zero-order chi connectivity index (χ0) is 21.0. The fourth-order valence-electron chi connectivity index (χ4n) is 3.98. The Hall–Kier alpha value is -3.58. The lowest BCUT2D eigenvalue weighted by atomic mass is 10.0. The number of ketones is 1. The molecule has 0 amide bonds. The Balaban J connectivity index is 1.74. The number of nitrogens with zero attached hydrogens (tertiary/aromatic N) is 2. The number of Topliss-reactive ketones (excluding diaryl/α,β-unsaturated/α-hetero) is 1. The van der Waals surface area contributed by atoms with E-state index in [-0.39, 0.29) is 11.3 Å². The van der Waals surface area contributed by atoms with E-state index >= 15 is 0 Å². The SMILES string of the molecule is O=C1c2ccc(Br)c3cccc(c23)C1n1ccc(=O)n(C(=O)c2ccccc2)c1=O. The minimum atomic E-state index is -0.944. The summed E-state index contributed by atoms with van der Waals surface area (Å²) in [5.74, 6) is -0.989. The van der Waals surface area contributed by atoms with Crippen molar-refractivity contribution in [3.8, 4) is 0 Å². The molecule has 146 valence electrons. The summed E-state index contributed by atoms with van der Waals surface area (Å²) in [4.78, 5) is 51.7. The average molecular weight is 461 g/mol. The minimum Gasteiger partial charge on any atom is -0.291 e. The van der Waals surface area contributed by atoms with Gasteiger partial charge in [0.25, 0.3) is 11.5 Å². The Kier molecular flexibility index (Phi) is 4.15. The zero-order valence-corrected chi connectivity index (χ0v) is 17.0. The normalized spacial score (nSPS) is 15.0. The molecule has 0 aliphatic heterocycles. The molecule has 1 aromatic heterocycles. The second-order valence-corrected chi connectivity index (χ2v) is 7.84. The number of hydrogen-bond acceptors (Lipinski definition) is 4. The van der Waals surface area contributed by atoms with E-state index in [1.807, 2.05) is 12.1 Å². The molecule has 1 unspecified atom stereocenters. The van der Waals surface area contributed by atoms with Gasteiger partial charge in [0.1, 0.15) is 6.04 Å². The molecule has 4 aromatic rings. The van der Waals surface area contributed by atoms with Crippen molar-refractivity contribution in [2.45, 2.75) is 6.04 Å². The minimum absolute atomic E-state index is 0.210. The van der Waals surface area contributed by atoms with E-state index in [2.05, 4.69) is 15.9 Å². The second kappa shape index (κ2) is 6.74. The van der Waals surface area contributed by atoms with Gasteiger partial charge in [0, 0.05) is 27.9 Å². The zero-order valence-electron chi connectivity index (χ0n) is 15.4. The van der Waals surface area contributed by atoms with Gasteiger partial charge >= 0.3 is 5.69 Å². The molecule has 1 heterocycles. The monoisotopic (exact) mass is 460 g/mol. The van der Waals surface area contributed by atoms with Crippen LogP contribution in [0.2, 0.25) is 0 Å². The largest absolute Gasteiger partial charge is 0.339 e. The van der Waals surface area contributed by atoms with Crippen molar-refractivity contribution in [1.82, 2.24) is 9.13 Å². The van der Waals surface area contributed by atoms with E-state index in [0.29, 0.717) is 15.7 Å². The van der Waals surface area contributed by atoms with Crippen molar-refractivity contribution in [2.75, 3.05) is 0 Å². The van der Waals surface area contributed by atoms with Crippen LogP contribution in [-0.2, 0) is 0 Å². The topological polar surface area (TPSA) is 78.1 Å². The summed E-state index contributed by atoms with van der Waals surface area (Å²) in [6.45, 7) is 0. The summed E-state index contributed by atoms with van der Waals surface area (Å²) < 4.78 is 2.57. The van der Waals surface area contributed by atoms with Gasteiger partial charge in [-0.1, -0.05) is 52.3 Å². The highest BCUT2D eigenvalue weighted by Gasteiger charge is 2.35. The van der Waals surface area contributed by atoms with E-state index in [9.17, 15) is 19.2 Å². The fourth-order valence-corrected chi connectivity index (χ4v) is 4.45. The van der Waals surface area contributed by atoms with Gasteiger partial charge in [-0.15, -0.1) is 0 Å². The Morgan fingerprint density at radius 2 is 1.63 bits per heavy atom. The molecule has 3 aromatic carbocycles. The number of aromatic nitrogens is 2. The molecule has 0 fully saturated rings. The molecule has 0 radical (unpaired) electrons. The predicted molar refractivity (Wildman–Crippen MR) is 115 cm³/mol. The molecular weight excluding hydrogens is 448 g/mol. The maximum atomic E-state index is 13.2. The van der Waals surface area contributed by atoms with Crippen molar-refractivity contribution in [2.24, 2.45) is 0 Å². The second-order valence-electron chi connectivity index (χ2n) is 6.98. The molecule has 0 N–H and O–H groups in total. The number of hydrogen-bond donors (Lipinski definition) is 0. The standard InChI is InChI=1S/C23H13BrN2O4/c24-17-10-9-16-19-14(17)7-4-8-15(19)20(21(16)28)25-12-11-18(27)26(23(25)30)22(29)13-5-2-1-3-6-13/h1-12,20H. The van der Waals surface area contributed by atoms with Crippen LogP contribution in [0.5, 0.6) is 0 Å². The lowest BCUT2D eigenvalue weighted by Crippen LogP contribution is -2.45. The Morgan fingerprint density at radius 1 is 0.867 bits per heavy atom. The highest BCUT2D eigenvalue weighted by Crippen LogP contribution is 2.40. The smallest absolute Gasteiger partial charge is 0.291 e. The molecule has 30 heavy (non-hydrogen) atoms. The van der Waals surface area contributed by atoms with E-state index in [1.165, 1.54) is 18.3 Å². The maximum absolute atomic E-state index is 13.2. The van der Waals surface area contributed by atoms with Crippen LogP contribution >= 0.6 is 15.9 Å².